The molecule has 0 nitrogen and oxygen atoms in total. The molecule has 0 aliphatic carbocycles. The third-order valence-electron chi connectivity index (χ3n) is 3.28. The lowest BCUT2D eigenvalue weighted by atomic mass is 9.80. The monoisotopic (exact) mass is 376 g/mol. The van der Waals surface area contributed by atoms with Crippen molar-refractivity contribution in [3.05, 3.63) is 56.2 Å². The molecule has 0 saturated heterocycles. The van der Waals surface area contributed by atoms with Crippen molar-refractivity contribution in [3.63, 3.8) is 0 Å². The van der Waals surface area contributed by atoms with Crippen LogP contribution < -0.4 is 0 Å². The molecule has 0 radical (unpaired) electrons. The first-order valence-electron chi connectivity index (χ1n) is 6.01. The molecule has 1 heterocycles. The fourth-order valence-corrected chi connectivity index (χ4v) is 4.52. The Hall–Kier alpha value is -0.0200. The summed E-state index contributed by atoms with van der Waals surface area (Å²) in [5, 5.41) is 2.10. The third kappa shape index (κ3) is 3.55. The van der Waals surface area contributed by atoms with Crippen molar-refractivity contribution in [2.45, 2.75) is 18.8 Å². The van der Waals surface area contributed by atoms with Gasteiger partial charge in [-0.1, -0.05) is 29.8 Å². The van der Waals surface area contributed by atoms with Gasteiger partial charge in [0.2, 0.25) is 0 Å². The third-order valence-corrected chi connectivity index (χ3v) is 6.00. The van der Waals surface area contributed by atoms with E-state index in [-0.39, 0.29) is 5.41 Å². The molecular formula is C15H15BrCl2S. The Kier molecular flexibility index (Phi) is 5.36. The van der Waals surface area contributed by atoms with Gasteiger partial charge in [-0.3, -0.25) is 0 Å². The normalized spacial score (nSPS) is 11.8. The molecule has 0 bridgehead atoms. The van der Waals surface area contributed by atoms with Crippen LogP contribution in [-0.2, 0) is 11.8 Å². The van der Waals surface area contributed by atoms with Gasteiger partial charge in [-0.05, 0) is 40.9 Å². The number of hydrogen-bond donors (Lipinski definition) is 0. The van der Waals surface area contributed by atoms with Crippen LogP contribution in [0.1, 0.15) is 16.0 Å². The molecule has 0 atom stereocenters. The molecule has 0 N–H and O–H groups in total. The van der Waals surface area contributed by atoms with Crippen molar-refractivity contribution in [2.24, 2.45) is 0 Å². The first-order chi connectivity index (χ1) is 9.09. The van der Waals surface area contributed by atoms with Crippen LogP contribution in [0.25, 0.3) is 0 Å². The zero-order chi connectivity index (χ0) is 13.9. The first kappa shape index (κ1) is 15.4. The Morgan fingerprint density at radius 1 is 1.21 bits per heavy atom. The smallest absolute Gasteiger partial charge is 0.0335 e. The first-order valence-corrected chi connectivity index (χ1v) is 8.76. The average Bonchev–Trinajstić information content (AvgIpc) is 2.81. The SMILES string of the molecule is Cc1cccc(C(CCl)(CCl)Cc2cc(Br)cs2)c1. The summed E-state index contributed by atoms with van der Waals surface area (Å²) in [5.41, 5.74) is 2.27. The fraction of sp³-hybridized carbons (Fsp3) is 0.333. The molecule has 19 heavy (non-hydrogen) atoms. The van der Waals surface area contributed by atoms with Crippen LogP contribution in [0.4, 0.5) is 0 Å². The Balaban J connectivity index is 2.37. The predicted octanol–water partition coefficient (Wildman–Crippen LogP) is 5.78. The molecule has 1 aromatic heterocycles. The number of hydrogen-bond acceptors (Lipinski definition) is 1. The number of aryl methyl sites for hydroxylation is 1. The van der Waals surface area contributed by atoms with Crippen molar-refractivity contribution in [1.82, 2.24) is 0 Å². The van der Waals surface area contributed by atoms with Gasteiger partial charge in [0, 0.05) is 31.9 Å². The summed E-state index contributed by atoms with van der Waals surface area (Å²) in [6.07, 6.45) is 0.875. The molecule has 0 amide bonds. The van der Waals surface area contributed by atoms with Crippen LogP contribution in [0.3, 0.4) is 0 Å². The quantitative estimate of drug-likeness (QED) is 0.579. The van der Waals surface area contributed by atoms with Crippen LogP contribution in [-0.4, -0.2) is 11.8 Å². The standard InChI is InChI=1S/C15H15BrCl2S/c1-11-3-2-4-12(5-11)15(9-17,10-18)7-14-6-13(16)8-19-14/h2-6,8H,7,9-10H2,1H3. The molecule has 102 valence electrons. The van der Waals surface area contributed by atoms with Gasteiger partial charge in [0.1, 0.15) is 0 Å². The lowest BCUT2D eigenvalue weighted by Crippen LogP contribution is -2.33. The van der Waals surface area contributed by atoms with Gasteiger partial charge in [-0.25, -0.2) is 0 Å². The van der Waals surface area contributed by atoms with Gasteiger partial charge in [-0.15, -0.1) is 34.5 Å². The molecule has 2 aromatic rings. The number of thiophene rings is 1. The number of alkyl halides is 2. The Labute approximate surface area is 136 Å². The van der Waals surface area contributed by atoms with E-state index in [1.807, 2.05) is 0 Å². The topological polar surface area (TPSA) is 0 Å². The van der Waals surface area contributed by atoms with E-state index in [4.69, 9.17) is 23.2 Å². The maximum absolute atomic E-state index is 6.28. The molecule has 0 unspecified atom stereocenters. The minimum absolute atomic E-state index is 0.195. The van der Waals surface area contributed by atoms with Crippen molar-refractivity contribution in [2.75, 3.05) is 11.8 Å². The van der Waals surface area contributed by atoms with Crippen LogP contribution in [0, 0.1) is 6.92 Å². The maximum atomic E-state index is 6.28. The second-order valence-electron chi connectivity index (χ2n) is 4.83. The summed E-state index contributed by atoms with van der Waals surface area (Å²) in [4.78, 5) is 1.30. The largest absolute Gasteiger partial charge is 0.148 e. The Morgan fingerprint density at radius 2 is 1.95 bits per heavy atom. The van der Waals surface area contributed by atoms with Crippen molar-refractivity contribution < 1.29 is 0 Å². The van der Waals surface area contributed by atoms with Gasteiger partial charge in [-0.2, -0.15) is 0 Å². The van der Waals surface area contributed by atoms with E-state index in [0.717, 1.165) is 10.9 Å². The molecule has 0 fully saturated rings. The molecule has 0 aliphatic heterocycles. The molecule has 4 heteroatoms. The predicted molar refractivity (Wildman–Crippen MR) is 90.0 cm³/mol. The van der Waals surface area contributed by atoms with Crippen LogP contribution in [0.2, 0.25) is 0 Å². The summed E-state index contributed by atoms with van der Waals surface area (Å²) in [5.74, 6) is 1.05. The Morgan fingerprint density at radius 3 is 2.47 bits per heavy atom. The second-order valence-corrected chi connectivity index (χ2v) is 7.27. The van der Waals surface area contributed by atoms with E-state index in [2.05, 4.69) is 58.6 Å². The average molecular weight is 378 g/mol. The summed E-state index contributed by atoms with van der Waals surface area (Å²) < 4.78 is 1.12. The molecule has 2 rings (SSSR count). The van der Waals surface area contributed by atoms with Crippen molar-refractivity contribution in [3.8, 4) is 0 Å². The highest BCUT2D eigenvalue weighted by Crippen LogP contribution is 2.34. The minimum atomic E-state index is -0.195. The molecule has 0 spiro atoms. The van der Waals surface area contributed by atoms with Gasteiger partial charge >= 0.3 is 0 Å². The lowest BCUT2D eigenvalue weighted by molar-refractivity contribution is 0.540. The van der Waals surface area contributed by atoms with Crippen molar-refractivity contribution >= 4 is 50.5 Å². The van der Waals surface area contributed by atoms with E-state index in [9.17, 15) is 0 Å². The zero-order valence-corrected chi connectivity index (χ0v) is 14.5. The highest BCUT2D eigenvalue weighted by molar-refractivity contribution is 9.10. The van der Waals surface area contributed by atoms with E-state index in [0.29, 0.717) is 11.8 Å². The molecular weight excluding hydrogens is 363 g/mol. The van der Waals surface area contributed by atoms with Crippen LogP contribution in [0.5, 0.6) is 0 Å². The molecule has 0 saturated carbocycles. The summed E-state index contributed by atoms with van der Waals surface area (Å²) in [6.45, 7) is 2.10. The number of halogens is 3. The van der Waals surface area contributed by atoms with E-state index >= 15 is 0 Å². The van der Waals surface area contributed by atoms with Gasteiger partial charge in [0.05, 0.1) is 0 Å². The highest BCUT2D eigenvalue weighted by atomic mass is 79.9. The van der Waals surface area contributed by atoms with E-state index < -0.39 is 0 Å². The molecule has 0 aliphatic rings. The van der Waals surface area contributed by atoms with Crippen LogP contribution in [0.15, 0.2) is 40.2 Å². The van der Waals surface area contributed by atoms with Gasteiger partial charge in [0.25, 0.3) is 0 Å². The maximum Gasteiger partial charge on any atom is 0.0335 e. The number of benzene rings is 1. The highest BCUT2D eigenvalue weighted by Gasteiger charge is 2.31. The fourth-order valence-electron chi connectivity index (χ4n) is 2.14. The van der Waals surface area contributed by atoms with Gasteiger partial charge < -0.3 is 0 Å². The number of rotatable bonds is 5. The van der Waals surface area contributed by atoms with Crippen molar-refractivity contribution in [1.29, 1.82) is 0 Å². The minimum Gasteiger partial charge on any atom is -0.148 e. The summed E-state index contributed by atoms with van der Waals surface area (Å²) in [7, 11) is 0. The zero-order valence-electron chi connectivity index (χ0n) is 10.6. The molecule has 1 aromatic carbocycles. The summed E-state index contributed by atoms with van der Waals surface area (Å²) in [6, 6.07) is 10.6. The van der Waals surface area contributed by atoms with Crippen LogP contribution >= 0.6 is 50.5 Å². The lowest BCUT2D eigenvalue weighted by Gasteiger charge is -2.30. The van der Waals surface area contributed by atoms with E-state index in [1.54, 1.807) is 11.3 Å². The van der Waals surface area contributed by atoms with Gasteiger partial charge in [0.15, 0.2) is 0 Å². The Bertz CT molecular complexity index is 547. The van der Waals surface area contributed by atoms with E-state index in [1.165, 1.54) is 16.0 Å². The second kappa shape index (κ2) is 6.62. The summed E-state index contributed by atoms with van der Waals surface area (Å²) >= 11 is 17.8.